The van der Waals surface area contributed by atoms with Gasteiger partial charge in [-0.25, -0.2) is 8.78 Å². The molecule has 1 fully saturated rings. The molecule has 0 saturated carbocycles. The van der Waals surface area contributed by atoms with Crippen molar-refractivity contribution in [2.24, 2.45) is 5.73 Å². The summed E-state index contributed by atoms with van der Waals surface area (Å²) in [5, 5.41) is 0.943. The van der Waals surface area contributed by atoms with Crippen LogP contribution in [-0.4, -0.2) is 35.1 Å². The Hall–Kier alpha value is -2.89. The Morgan fingerprint density at radius 2 is 1.79 bits per heavy atom. The summed E-state index contributed by atoms with van der Waals surface area (Å²) in [5.41, 5.74) is 4.37. The molecule has 3 N–H and O–H groups in total. The number of alkyl halides is 3. The second-order valence-corrected chi connectivity index (χ2v) is 9.25. The molecule has 5 nitrogen and oxygen atoms in total. The van der Waals surface area contributed by atoms with Crippen LogP contribution in [0.25, 0.3) is 0 Å². The molecule has 33 heavy (non-hydrogen) atoms. The van der Waals surface area contributed by atoms with E-state index in [1.807, 2.05) is 0 Å². The lowest BCUT2D eigenvalue weighted by Crippen LogP contribution is -2.37. The van der Waals surface area contributed by atoms with Gasteiger partial charge in [-0.15, -0.1) is 11.8 Å². The zero-order valence-corrected chi connectivity index (χ0v) is 18.0. The van der Waals surface area contributed by atoms with Gasteiger partial charge in [0.05, 0.1) is 17.9 Å². The van der Waals surface area contributed by atoms with Crippen molar-refractivity contribution < 1.29 is 40.7 Å². The van der Waals surface area contributed by atoms with Crippen LogP contribution in [0.2, 0.25) is 0 Å². The van der Waals surface area contributed by atoms with E-state index in [1.165, 1.54) is 0 Å². The zero-order valence-electron chi connectivity index (χ0n) is 17.2. The van der Waals surface area contributed by atoms with Crippen molar-refractivity contribution in [2.45, 2.75) is 35.4 Å². The summed E-state index contributed by atoms with van der Waals surface area (Å²) in [5.74, 6) is -7.40. The van der Waals surface area contributed by atoms with Gasteiger partial charge in [-0.05, 0) is 37.6 Å². The second-order valence-electron chi connectivity index (χ2n) is 7.61. The topological polar surface area (TPSA) is 81.4 Å². The Morgan fingerprint density at radius 1 is 1.15 bits per heavy atom. The fourth-order valence-electron chi connectivity index (χ4n) is 3.68. The largest absolute Gasteiger partial charge is 0.493 e. The van der Waals surface area contributed by atoms with Crippen LogP contribution in [0.3, 0.4) is 0 Å². The number of nitrogens with one attached hydrogen (secondary N) is 1. The van der Waals surface area contributed by atoms with E-state index in [1.54, 1.807) is 0 Å². The molecule has 1 aliphatic heterocycles. The van der Waals surface area contributed by atoms with E-state index in [0.717, 1.165) is 44.4 Å². The van der Waals surface area contributed by atoms with Gasteiger partial charge in [0.2, 0.25) is 11.7 Å². The molecule has 0 spiro atoms. The molecule has 2 aromatic rings. The third-order valence-electron chi connectivity index (χ3n) is 5.40. The number of ether oxygens (including phenoxy) is 1. The van der Waals surface area contributed by atoms with Gasteiger partial charge in [0.15, 0.2) is 11.6 Å². The van der Waals surface area contributed by atoms with Crippen LogP contribution in [0.1, 0.15) is 35.2 Å². The third kappa shape index (κ3) is 4.61. The molecule has 0 unspecified atom stereocenters. The van der Waals surface area contributed by atoms with Gasteiger partial charge in [0, 0.05) is 17.2 Å². The second kappa shape index (κ2) is 8.81. The minimum absolute atomic E-state index is 0.0765. The number of methoxy groups -OCH3 is 1. The van der Waals surface area contributed by atoms with Crippen LogP contribution in [-0.2, 0) is 4.79 Å². The molecule has 2 aromatic carbocycles. The van der Waals surface area contributed by atoms with Crippen molar-refractivity contribution in [3.63, 3.8) is 0 Å². The zero-order chi connectivity index (χ0) is 24.7. The maximum atomic E-state index is 14.3. The molecule has 0 aromatic heterocycles. The molecule has 0 radical (unpaired) electrons. The summed E-state index contributed by atoms with van der Waals surface area (Å²) in [7, 11) is 1.03. The Labute approximate surface area is 188 Å². The van der Waals surface area contributed by atoms with Crippen molar-refractivity contribution in [1.82, 2.24) is 0 Å². The third-order valence-corrected chi connectivity index (χ3v) is 7.12. The monoisotopic (exact) mass is 492 g/mol. The average Bonchev–Trinajstić information content (AvgIpc) is 3.10. The predicted molar refractivity (Wildman–Crippen MR) is 110 cm³/mol. The lowest BCUT2D eigenvalue weighted by Gasteiger charge is -2.26. The van der Waals surface area contributed by atoms with Gasteiger partial charge in [-0.1, -0.05) is 6.07 Å². The number of amides is 2. The van der Waals surface area contributed by atoms with Gasteiger partial charge in [0.25, 0.3) is 5.91 Å². The minimum Gasteiger partial charge on any atom is -0.493 e. The highest BCUT2D eigenvalue weighted by atomic mass is 32.2. The summed E-state index contributed by atoms with van der Waals surface area (Å²) in [6, 6.07) is 4.75. The fourth-order valence-corrected chi connectivity index (χ4v) is 5.22. The van der Waals surface area contributed by atoms with Crippen LogP contribution in [0, 0.1) is 17.5 Å². The van der Waals surface area contributed by atoms with E-state index >= 15 is 0 Å². The van der Waals surface area contributed by atoms with E-state index in [9.17, 15) is 35.9 Å². The number of rotatable bonds is 5. The van der Waals surface area contributed by atoms with Crippen molar-refractivity contribution in [1.29, 1.82) is 0 Å². The van der Waals surface area contributed by atoms with Crippen LogP contribution in [0.4, 0.5) is 32.0 Å². The number of nitrogens with two attached hydrogens (primary N) is 1. The Bertz CT molecular complexity index is 1110. The molecule has 2 amide bonds. The molecular formula is C21H18F6N2O3S. The van der Waals surface area contributed by atoms with E-state index in [-0.39, 0.29) is 11.3 Å². The maximum Gasteiger partial charge on any atom is 0.403 e. The van der Waals surface area contributed by atoms with Crippen molar-refractivity contribution in [3.8, 4) is 5.75 Å². The quantitative estimate of drug-likeness (QED) is 0.590. The van der Waals surface area contributed by atoms with E-state index in [4.69, 9.17) is 10.5 Å². The normalized spacial score (nSPS) is 22.8. The van der Waals surface area contributed by atoms with Gasteiger partial charge >= 0.3 is 6.18 Å². The Kier molecular flexibility index (Phi) is 6.60. The summed E-state index contributed by atoms with van der Waals surface area (Å²) in [6.45, 7) is 0.910. The van der Waals surface area contributed by atoms with Crippen LogP contribution < -0.4 is 15.8 Å². The first-order valence-corrected chi connectivity index (χ1v) is 10.3. The SMILES string of the molecule is COc1c([C@@H]2C[C@](C)(C(F)(F)F)S[C@H]2C(=O)Nc2ccc(F)c(C(N)=O)c2)ccc(F)c1F. The molecule has 1 heterocycles. The maximum absolute atomic E-state index is 14.3. The van der Waals surface area contributed by atoms with Crippen LogP contribution >= 0.6 is 11.8 Å². The first kappa shape index (κ1) is 24.7. The number of carbonyl (C=O) groups is 2. The number of benzene rings is 2. The van der Waals surface area contributed by atoms with Gasteiger partial charge in [-0.3, -0.25) is 9.59 Å². The number of carbonyl (C=O) groups excluding carboxylic acids is 2. The first-order chi connectivity index (χ1) is 15.3. The number of primary amides is 1. The van der Waals surface area contributed by atoms with Crippen molar-refractivity contribution in [2.75, 3.05) is 12.4 Å². The molecule has 12 heteroatoms. The minimum atomic E-state index is -4.72. The molecule has 0 bridgehead atoms. The van der Waals surface area contributed by atoms with Crippen molar-refractivity contribution in [3.05, 3.63) is 58.9 Å². The molecule has 1 saturated heterocycles. The van der Waals surface area contributed by atoms with Gasteiger partial charge < -0.3 is 15.8 Å². The van der Waals surface area contributed by atoms with Crippen LogP contribution in [0.5, 0.6) is 5.75 Å². The fraction of sp³-hybridized carbons (Fsp3) is 0.333. The highest BCUT2D eigenvalue weighted by molar-refractivity contribution is 8.02. The average molecular weight is 492 g/mol. The molecule has 0 aliphatic carbocycles. The predicted octanol–water partition coefficient (Wildman–Crippen LogP) is 4.76. The van der Waals surface area contributed by atoms with E-state index in [0.29, 0.717) is 11.8 Å². The highest BCUT2D eigenvalue weighted by Gasteiger charge is 2.60. The van der Waals surface area contributed by atoms with E-state index in [2.05, 4.69) is 5.32 Å². The summed E-state index contributed by atoms with van der Waals surface area (Å²) in [4.78, 5) is 24.4. The Morgan fingerprint density at radius 3 is 2.36 bits per heavy atom. The summed E-state index contributed by atoms with van der Waals surface area (Å²) >= 11 is 0.319. The number of hydrogen-bond donors (Lipinski definition) is 2. The summed E-state index contributed by atoms with van der Waals surface area (Å²) in [6.07, 6.45) is -5.33. The first-order valence-electron chi connectivity index (χ1n) is 9.45. The lowest BCUT2D eigenvalue weighted by molar-refractivity contribution is -0.155. The van der Waals surface area contributed by atoms with Gasteiger partial charge in [0.1, 0.15) is 10.6 Å². The number of halogens is 6. The number of thioether (sulfide) groups is 1. The smallest absolute Gasteiger partial charge is 0.403 e. The molecule has 3 rings (SSSR count). The van der Waals surface area contributed by atoms with Gasteiger partial charge in [-0.2, -0.15) is 17.6 Å². The molecule has 3 atom stereocenters. The lowest BCUT2D eigenvalue weighted by atomic mass is 9.85. The number of anilines is 1. The van der Waals surface area contributed by atoms with Crippen LogP contribution in [0.15, 0.2) is 30.3 Å². The molecule has 178 valence electrons. The molecular weight excluding hydrogens is 474 g/mol. The number of hydrogen-bond acceptors (Lipinski definition) is 4. The molecule has 1 aliphatic rings. The Balaban J connectivity index is 2.02. The highest BCUT2D eigenvalue weighted by Crippen LogP contribution is 2.59. The summed E-state index contributed by atoms with van der Waals surface area (Å²) < 4.78 is 85.6. The van der Waals surface area contributed by atoms with E-state index < -0.39 is 69.1 Å². The standard InChI is InChI=1S/C21H18F6N2O3S/c1-20(21(25,26)27)8-12(10-4-6-14(23)15(24)16(10)32-2)17(33-20)19(31)29-9-3-5-13(22)11(7-9)18(28)30/h3-7,12,17H,8H2,1-2H3,(H2,28,30)(H,29,31)/t12-,17+,20+/m0/s1. The van der Waals surface area contributed by atoms with Crippen molar-refractivity contribution >= 4 is 29.3 Å².